The lowest BCUT2D eigenvalue weighted by Gasteiger charge is -2.28. The summed E-state index contributed by atoms with van der Waals surface area (Å²) in [6.07, 6.45) is 2.78. The second kappa shape index (κ2) is 9.37. The Kier molecular flexibility index (Phi) is 6.81. The predicted molar refractivity (Wildman–Crippen MR) is 126 cm³/mol. The van der Waals surface area contributed by atoms with Gasteiger partial charge in [-0.3, -0.25) is 0 Å². The van der Waals surface area contributed by atoms with Gasteiger partial charge in [-0.25, -0.2) is 0 Å². The van der Waals surface area contributed by atoms with E-state index in [1.165, 1.54) is 34.1 Å². The number of nitrogens with one attached hydrogen (secondary N) is 1. The van der Waals surface area contributed by atoms with E-state index in [1.54, 1.807) is 11.3 Å². The molecule has 1 fully saturated rings. The maximum absolute atomic E-state index is 10.5. The van der Waals surface area contributed by atoms with Gasteiger partial charge in [-0.15, -0.1) is 11.3 Å². The summed E-state index contributed by atoms with van der Waals surface area (Å²) in [6, 6.07) is 19.0. The number of ether oxygens (including phenoxy) is 1. The zero-order chi connectivity index (χ0) is 21.1. The van der Waals surface area contributed by atoms with Crippen LogP contribution in [-0.2, 0) is 11.2 Å². The fraction of sp³-hybridized carbons (Fsp3) is 0.440. The van der Waals surface area contributed by atoms with Crippen molar-refractivity contribution in [3.05, 3.63) is 69.4 Å². The van der Waals surface area contributed by atoms with Crippen LogP contribution in [-0.4, -0.2) is 29.9 Å². The van der Waals surface area contributed by atoms with Gasteiger partial charge in [-0.1, -0.05) is 54.1 Å². The summed E-state index contributed by atoms with van der Waals surface area (Å²) in [5.41, 5.74) is 1.17. The van der Waals surface area contributed by atoms with Gasteiger partial charge in [0, 0.05) is 17.0 Å². The normalized spacial score (nSPS) is 16.7. The Bertz CT molecular complexity index is 982. The second-order valence-corrected chi connectivity index (χ2v) is 10.8. The molecule has 1 unspecified atom stereocenters. The topological polar surface area (TPSA) is 41.5 Å². The number of β-amino-alcohol motifs (C(OH)–C–C–N with tert-alkyl or cyclic N) is 1. The molecule has 2 atom stereocenters. The van der Waals surface area contributed by atoms with E-state index in [2.05, 4.69) is 61.6 Å². The van der Waals surface area contributed by atoms with Crippen LogP contribution in [0, 0.1) is 5.92 Å². The van der Waals surface area contributed by atoms with E-state index in [1.807, 2.05) is 12.1 Å². The van der Waals surface area contributed by atoms with Crippen LogP contribution in [0.1, 0.15) is 43.2 Å². The van der Waals surface area contributed by atoms with Gasteiger partial charge in [-0.05, 0) is 67.5 Å². The van der Waals surface area contributed by atoms with E-state index in [-0.39, 0.29) is 11.6 Å². The van der Waals surface area contributed by atoms with Gasteiger partial charge < -0.3 is 15.2 Å². The van der Waals surface area contributed by atoms with Gasteiger partial charge in [0.05, 0.1) is 23.2 Å². The van der Waals surface area contributed by atoms with Crippen molar-refractivity contribution in [3.63, 3.8) is 0 Å². The van der Waals surface area contributed by atoms with Crippen LogP contribution in [0.5, 0.6) is 0 Å². The van der Waals surface area contributed by atoms with Crippen LogP contribution in [0.3, 0.4) is 0 Å². The highest BCUT2D eigenvalue weighted by Crippen LogP contribution is 2.45. The van der Waals surface area contributed by atoms with Crippen molar-refractivity contribution >= 4 is 33.7 Å². The molecular formula is C25H30ClNO2S. The largest absolute Gasteiger partial charge is 0.389 e. The Labute approximate surface area is 188 Å². The fourth-order valence-corrected chi connectivity index (χ4v) is 5.12. The quantitative estimate of drug-likeness (QED) is 0.404. The minimum atomic E-state index is -0.544. The third-order valence-electron chi connectivity index (χ3n) is 5.67. The molecule has 5 heteroatoms. The Morgan fingerprint density at radius 3 is 2.60 bits per heavy atom. The second-order valence-electron chi connectivity index (χ2n) is 9.01. The van der Waals surface area contributed by atoms with Gasteiger partial charge in [0.1, 0.15) is 0 Å². The number of hydrogen-bond donors (Lipinski definition) is 2. The van der Waals surface area contributed by atoms with Crippen molar-refractivity contribution in [2.45, 2.75) is 50.9 Å². The van der Waals surface area contributed by atoms with Crippen LogP contribution in [0.15, 0.2) is 54.6 Å². The molecule has 0 amide bonds. The number of halogens is 1. The van der Waals surface area contributed by atoms with Crippen molar-refractivity contribution < 1.29 is 9.84 Å². The number of rotatable bonds is 10. The molecule has 3 nitrogen and oxygen atoms in total. The third kappa shape index (κ3) is 5.83. The molecular weight excluding hydrogens is 414 g/mol. The lowest BCUT2D eigenvalue weighted by atomic mass is 9.93. The fourth-order valence-electron chi connectivity index (χ4n) is 3.92. The molecule has 2 aromatic carbocycles. The van der Waals surface area contributed by atoms with Gasteiger partial charge in [-0.2, -0.15) is 0 Å². The highest BCUT2D eigenvalue weighted by atomic mass is 35.5. The van der Waals surface area contributed by atoms with Gasteiger partial charge in [0.2, 0.25) is 0 Å². The van der Waals surface area contributed by atoms with E-state index in [4.69, 9.17) is 16.3 Å². The summed E-state index contributed by atoms with van der Waals surface area (Å²) in [4.78, 5) is 1.17. The van der Waals surface area contributed by atoms with Crippen molar-refractivity contribution in [3.8, 4) is 0 Å². The Morgan fingerprint density at radius 1 is 1.13 bits per heavy atom. The zero-order valence-electron chi connectivity index (χ0n) is 17.6. The molecule has 4 rings (SSSR count). The molecule has 30 heavy (non-hydrogen) atoms. The van der Waals surface area contributed by atoms with Crippen LogP contribution < -0.4 is 5.32 Å². The van der Waals surface area contributed by atoms with Gasteiger partial charge in [0.15, 0.2) is 0 Å². The van der Waals surface area contributed by atoms with E-state index >= 15 is 0 Å². The first-order chi connectivity index (χ1) is 14.4. The molecule has 0 saturated heterocycles. The van der Waals surface area contributed by atoms with Crippen molar-refractivity contribution in [2.24, 2.45) is 5.92 Å². The van der Waals surface area contributed by atoms with Crippen LogP contribution in [0.25, 0.3) is 10.8 Å². The highest BCUT2D eigenvalue weighted by molar-refractivity contribution is 7.16. The summed E-state index contributed by atoms with van der Waals surface area (Å²) in [5.74, 6) is 0.559. The molecule has 1 saturated carbocycles. The summed E-state index contributed by atoms with van der Waals surface area (Å²) >= 11 is 7.67. The maximum atomic E-state index is 10.5. The molecule has 160 valence electrons. The maximum Gasteiger partial charge on any atom is 0.0946 e. The summed E-state index contributed by atoms with van der Waals surface area (Å²) in [6.45, 7) is 5.19. The monoisotopic (exact) mass is 443 g/mol. The van der Waals surface area contributed by atoms with E-state index in [9.17, 15) is 5.11 Å². The molecule has 1 aliphatic carbocycles. The summed E-state index contributed by atoms with van der Waals surface area (Å²) < 4.78 is 6.91. The molecule has 2 N–H and O–H groups in total. The molecule has 0 radical (unpaired) electrons. The van der Waals surface area contributed by atoms with Crippen LogP contribution in [0.2, 0.25) is 4.34 Å². The average Bonchev–Trinajstić information content (AvgIpc) is 3.47. The minimum absolute atomic E-state index is 0.0581. The summed E-state index contributed by atoms with van der Waals surface area (Å²) in [7, 11) is 0. The zero-order valence-corrected chi connectivity index (χ0v) is 19.2. The molecule has 1 heterocycles. The smallest absolute Gasteiger partial charge is 0.0946 e. The van der Waals surface area contributed by atoms with Crippen LogP contribution >= 0.6 is 22.9 Å². The van der Waals surface area contributed by atoms with Crippen molar-refractivity contribution in [1.82, 2.24) is 5.32 Å². The van der Waals surface area contributed by atoms with Crippen LogP contribution in [0.4, 0.5) is 0 Å². The predicted octanol–water partition coefficient (Wildman–Crippen LogP) is 5.99. The Balaban J connectivity index is 1.28. The van der Waals surface area contributed by atoms with E-state index in [0.717, 1.165) is 10.8 Å². The number of hydrogen-bond acceptors (Lipinski definition) is 4. The first-order valence-corrected chi connectivity index (χ1v) is 11.9. The molecule has 0 aliphatic heterocycles. The van der Waals surface area contributed by atoms with E-state index in [0.29, 0.717) is 19.1 Å². The molecule has 1 aromatic heterocycles. The SMILES string of the molecule is CC(C)(Cc1ccc2ccccc2c1)NC[C@@H](O)COC(c1ccc(Cl)s1)C1CC1. The average molecular weight is 444 g/mol. The first-order valence-electron chi connectivity index (χ1n) is 10.7. The molecule has 0 bridgehead atoms. The number of aliphatic hydroxyl groups is 1. The molecule has 3 aromatic rings. The first kappa shape index (κ1) is 21.8. The van der Waals surface area contributed by atoms with Gasteiger partial charge >= 0.3 is 0 Å². The standard InChI is InChI=1S/C25H30ClNO2S/c1-25(2,14-17-7-8-18-5-3-4-6-20(18)13-17)27-15-21(28)16-29-24(19-9-10-19)22-11-12-23(26)30-22/h3-8,11-13,19,21,24,27-28H,9-10,14-16H2,1-2H3/t21-,24?/m1/s1. The summed E-state index contributed by atoms with van der Waals surface area (Å²) in [5, 5.41) is 16.6. The number of thiophene rings is 1. The lowest BCUT2D eigenvalue weighted by molar-refractivity contribution is -0.0196. The highest BCUT2D eigenvalue weighted by Gasteiger charge is 2.34. The number of fused-ring (bicyclic) bond motifs is 1. The van der Waals surface area contributed by atoms with Gasteiger partial charge in [0.25, 0.3) is 0 Å². The van der Waals surface area contributed by atoms with E-state index < -0.39 is 6.10 Å². The van der Waals surface area contributed by atoms with Crippen molar-refractivity contribution in [2.75, 3.05) is 13.2 Å². The Morgan fingerprint density at radius 2 is 1.90 bits per heavy atom. The molecule has 0 spiro atoms. The minimum Gasteiger partial charge on any atom is -0.389 e. The number of benzene rings is 2. The Hall–Kier alpha value is -1.43. The van der Waals surface area contributed by atoms with Crippen molar-refractivity contribution in [1.29, 1.82) is 0 Å². The lowest BCUT2D eigenvalue weighted by Crippen LogP contribution is -2.46. The molecule has 1 aliphatic rings. The number of aliphatic hydroxyl groups excluding tert-OH is 1. The third-order valence-corrected chi connectivity index (χ3v) is 6.96.